The predicted octanol–water partition coefficient (Wildman–Crippen LogP) is 3.22. The highest BCUT2D eigenvalue weighted by Gasteiger charge is 2.14. The Morgan fingerprint density at radius 1 is 1.62 bits per heavy atom. The van der Waals surface area contributed by atoms with E-state index in [2.05, 4.69) is 39.2 Å². The minimum absolute atomic E-state index is 0.379. The fraction of sp³-hybridized carbons (Fsp3) is 0.273. The SMILES string of the molecule is CC1CSC(Nc2ccc(C#N)cc2Br)=N1. The number of thioether (sulfide) groups is 1. The van der Waals surface area contributed by atoms with Gasteiger partial charge in [0.1, 0.15) is 0 Å². The smallest absolute Gasteiger partial charge is 0.161 e. The van der Waals surface area contributed by atoms with E-state index in [4.69, 9.17) is 5.26 Å². The van der Waals surface area contributed by atoms with Crippen molar-refractivity contribution in [2.75, 3.05) is 11.1 Å². The average Bonchev–Trinajstić information content (AvgIpc) is 2.67. The van der Waals surface area contributed by atoms with Gasteiger partial charge in [-0.05, 0) is 41.1 Å². The Labute approximate surface area is 107 Å². The van der Waals surface area contributed by atoms with Gasteiger partial charge in [0, 0.05) is 10.2 Å². The molecule has 1 aromatic rings. The first-order valence-electron chi connectivity index (χ1n) is 4.86. The molecule has 1 atom stereocenters. The van der Waals surface area contributed by atoms with E-state index in [0.29, 0.717) is 11.6 Å². The fourth-order valence-corrected chi connectivity index (χ4v) is 2.73. The molecule has 0 aromatic heterocycles. The van der Waals surface area contributed by atoms with Crippen LogP contribution in [0.4, 0.5) is 5.69 Å². The van der Waals surface area contributed by atoms with Crippen molar-refractivity contribution in [2.45, 2.75) is 13.0 Å². The van der Waals surface area contributed by atoms with Gasteiger partial charge in [-0.1, -0.05) is 11.8 Å². The van der Waals surface area contributed by atoms with Crippen LogP contribution in [-0.4, -0.2) is 17.0 Å². The maximum Gasteiger partial charge on any atom is 0.161 e. The van der Waals surface area contributed by atoms with Crippen LogP contribution in [0.15, 0.2) is 27.7 Å². The van der Waals surface area contributed by atoms with Gasteiger partial charge >= 0.3 is 0 Å². The number of nitrogens with zero attached hydrogens (tertiary/aromatic N) is 2. The summed E-state index contributed by atoms with van der Waals surface area (Å²) in [5, 5.41) is 12.9. The predicted molar refractivity (Wildman–Crippen MR) is 71.8 cm³/mol. The molecular weight excluding hydrogens is 286 g/mol. The van der Waals surface area contributed by atoms with Crippen molar-refractivity contribution in [1.82, 2.24) is 0 Å². The molecule has 0 spiro atoms. The molecule has 16 heavy (non-hydrogen) atoms. The van der Waals surface area contributed by atoms with Gasteiger partial charge in [-0.3, -0.25) is 4.99 Å². The number of amidine groups is 1. The molecule has 0 saturated carbocycles. The summed E-state index contributed by atoms with van der Waals surface area (Å²) in [5.74, 6) is 1.02. The second-order valence-corrected chi connectivity index (χ2v) is 5.39. The molecule has 0 saturated heterocycles. The van der Waals surface area contributed by atoms with E-state index >= 15 is 0 Å². The summed E-state index contributed by atoms with van der Waals surface area (Å²) in [6, 6.07) is 7.95. The van der Waals surface area contributed by atoms with Crippen molar-refractivity contribution in [3.63, 3.8) is 0 Å². The zero-order valence-corrected chi connectivity index (χ0v) is 11.1. The highest BCUT2D eigenvalue weighted by Crippen LogP contribution is 2.26. The summed E-state index contributed by atoms with van der Waals surface area (Å²) >= 11 is 5.15. The highest BCUT2D eigenvalue weighted by atomic mass is 79.9. The first-order valence-corrected chi connectivity index (χ1v) is 6.64. The highest BCUT2D eigenvalue weighted by molar-refractivity contribution is 9.10. The molecule has 1 unspecified atom stereocenters. The van der Waals surface area contributed by atoms with Gasteiger partial charge in [-0.15, -0.1) is 0 Å². The quantitative estimate of drug-likeness (QED) is 0.865. The molecule has 82 valence electrons. The lowest BCUT2D eigenvalue weighted by Gasteiger charge is -2.07. The zero-order valence-electron chi connectivity index (χ0n) is 8.70. The number of aliphatic imine (C=N–C) groups is 1. The zero-order chi connectivity index (χ0) is 11.5. The van der Waals surface area contributed by atoms with Crippen LogP contribution >= 0.6 is 27.7 Å². The Kier molecular flexibility index (Phi) is 3.52. The molecule has 0 amide bonds. The van der Waals surface area contributed by atoms with Crippen LogP contribution in [0, 0.1) is 11.3 Å². The molecule has 1 heterocycles. The number of hydrogen-bond acceptors (Lipinski definition) is 4. The van der Waals surface area contributed by atoms with E-state index in [9.17, 15) is 0 Å². The first-order chi connectivity index (χ1) is 7.69. The third-order valence-corrected chi connectivity index (χ3v) is 3.92. The molecule has 5 heteroatoms. The Balaban J connectivity index is 2.17. The summed E-state index contributed by atoms with van der Waals surface area (Å²) in [6.07, 6.45) is 0. The molecule has 1 aliphatic heterocycles. The van der Waals surface area contributed by atoms with E-state index in [1.165, 1.54) is 0 Å². The van der Waals surface area contributed by atoms with Crippen LogP contribution < -0.4 is 5.32 Å². The lowest BCUT2D eigenvalue weighted by atomic mass is 10.2. The maximum atomic E-state index is 8.75. The number of halogens is 1. The molecular formula is C11H10BrN3S. The van der Waals surface area contributed by atoms with Crippen LogP contribution in [0.1, 0.15) is 12.5 Å². The number of anilines is 1. The number of hydrogen-bond donors (Lipinski definition) is 1. The Bertz CT molecular complexity index is 479. The topological polar surface area (TPSA) is 48.2 Å². The van der Waals surface area contributed by atoms with E-state index in [0.717, 1.165) is 21.1 Å². The van der Waals surface area contributed by atoms with Crippen molar-refractivity contribution in [3.8, 4) is 6.07 Å². The van der Waals surface area contributed by atoms with Crippen LogP contribution in [0.25, 0.3) is 0 Å². The first kappa shape index (κ1) is 11.5. The summed E-state index contributed by atoms with van der Waals surface area (Å²) in [5.41, 5.74) is 1.59. The van der Waals surface area contributed by atoms with Crippen molar-refractivity contribution in [1.29, 1.82) is 5.26 Å². The standard InChI is InChI=1S/C11H10BrN3S/c1-7-6-16-11(14-7)15-10-3-2-8(5-13)4-9(10)12/h2-4,7H,6H2,1H3,(H,14,15). The molecule has 1 N–H and O–H groups in total. The van der Waals surface area contributed by atoms with Crippen molar-refractivity contribution in [3.05, 3.63) is 28.2 Å². The number of nitriles is 1. The van der Waals surface area contributed by atoms with Crippen LogP contribution in [0.5, 0.6) is 0 Å². The minimum Gasteiger partial charge on any atom is -0.334 e. The monoisotopic (exact) mass is 295 g/mol. The van der Waals surface area contributed by atoms with E-state index in [-0.39, 0.29) is 0 Å². The lowest BCUT2D eigenvalue weighted by molar-refractivity contribution is 0.865. The molecule has 2 rings (SSSR count). The maximum absolute atomic E-state index is 8.75. The average molecular weight is 296 g/mol. The molecule has 0 aliphatic carbocycles. The fourth-order valence-electron chi connectivity index (χ4n) is 1.34. The second-order valence-electron chi connectivity index (χ2n) is 3.53. The van der Waals surface area contributed by atoms with E-state index in [1.807, 2.05) is 6.07 Å². The Morgan fingerprint density at radius 2 is 2.44 bits per heavy atom. The Morgan fingerprint density at radius 3 is 3.00 bits per heavy atom. The number of nitrogens with one attached hydrogen (secondary N) is 1. The van der Waals surface area contributed by atoms with E-state index < -0.39 is 0 Å². The summed E-state index contributed by atoms with van der Waals surface area (Å²) < 4.78 is 0.884. The third-order valence-electron chi connectivity index (χ3n) is 2.14. The van der Waals surface area contributed by atoms with Crippen molar-refractivity contribution < 1.29 is 0 Å². The number of benzene rings is 1. The van der Waals surface area contributed by atoms with Gasteiger partial charge in [-0.25, -0.2) is 0 Å². The molecule has 1 aromatic carbocycles. The third kappa shape index (κ3) is 2.57. The van der Waals surface area contributed by atoms with Gasteiger partial charge < -0.3 is 5.32 Å². The lowest BCUT2D eigenvalue weighted by Crippen LogP contribution is -2.05. The van der Waals surface area contributed by atoms with Crippen LogP contribution in [0.3, 0.4) is 0 Å². The van der Waals surface area contributed by atoms with Gasteiger partial charge in [0.15, 0.2) is 5.17 Å². The molecule has 0 radical (unpaired) electrons. The van der Waals surface area contributed by atoms with Gasteiger partial charge in [0.25, 0.3) is 0 Å². The van der Waals surface area contributed by atoms with Crippen molar-refractivity contribution >= 4 is 38.5 Å². The van der Waals surface area contributed by atoms with Crippen LogP contribution in [0.2, 0.25) is 0 Å². The molecule has 1 aliphatic rings. The van der Waals surface area contributed by atoms with Gasteiger partial charge in [-0.2, -0.15) is 5.26 Å². The largest absolute Gasteiger partial charge is 0.334 e. The molecule has 3 nitrogen and oxygen atoms in total. The van der Waals surface area contributed by atoms with Crippen LogP contribution in [-0.2, 0) is 0 Å². The Hall–Kier alpha value is -0.990. The summed E-state index contributed by atoms with van der Waals surface area (Å²) in [7, 11) is 0. The minimum atomic E-state index is 0.379. The van der Waals surface area contributed by atoms with Crippen molar-refractivity contribution in [2.24, 2.45) is 4.99 Å². The summed E-state index contributed by atoms with van der Waals surface area (Å²) in [4.78, 5) is 4.45. The molecule has 0 fully saturated rings. The number of rotatable bonds is 1. The summed E-state index contributed by atoms with van der Waals surface area (Å²) in [6.45, 7) is 2.09. The molecule has 0 bridgehead atoms. The van der Waals surface area contributed by atoms with E-state index in [1.54, 1.807) is 23.9 Å². The normalized spacial score (nSPS) is 19.1. The van der Waals surface area contributed by atoms with Gasteiger partial charge in [0.2, 0.25) is 0 Å². The van der Waals surface area contributed by atoms with Gasteiger partial charge in [0.05, 0.1) is 23.4 Å². The second kappa shape index (κ2) is 4.89.